The Balaban J connectivity index is 2.06. The standard InChI is InChI=1S/C23H26ClNO4/c1-16(21(20(26)14-24)25-22(27)29-23(2,3)4)18-10-12-19(13-11-18)28-15-17-8-6-5-7-9-17/h5-13,21H,1,14-15H2,2-4H3,(H,25,27)/t21-/m0/s1. The van der Waals surface area contributed by atoms with E-state index in [-0.39, 0.29) is 11.7 Å². The van der Waals surface area contributed by atoms with Gasteiger partial charge in [-0.05, 0) is 49.6 Å². The van der Waals surface area contributed by atoms with Crippen LogP contribution in [0.2, 0.25) is 0 Å². The normalized spacial score (nSPS) is 12.0. The zero-order valence-electron chi connectivity index (χ0n) is 16.9. The maximum absolute atomic E-state index is 12.3. The van der Waals surface area contributed by atoms with Gasteiger partial charge < -0.3 is 14.8 Å². The van der Waals surface area contributed by atoms with Crippen LogP contribution in [0.3, 0.4) is 0 Å². The molecule has 0 heterocycles. The number of halogens is 1. The number of hydrogen-bond donors (Lipinski definition) is 1. The first-order valence-electron chi connectivity index (χ1n) is 9.24. The van der Waals surface area contributed by atoms with Crippen LogP contribution in [-0.2, 0) is 16.1 Å². The number of ether oxygens (including phenoxy) is 2. The first kappa shape index (κ1) is 22.5. The number of benzene rings is 2. The molecule has 2 aromatic carbocycles. The van der Waals surface area contributed by atoms with Crippen molar-refractivity contribution in [1.82, 2.24) is 5.32 Å². The van der Waals surface area contributed by atoms with Gasteiger partial charge in [0.2, 0.25) is 0 Å². The fourth-order valence-corrected chi connectivity index (χ4v) is 2.69. The summed E-state index contributed by atoms with van der Waals surface area (Å²) in [6.07, 6.45) is -0.704. The van der Waals surface area contributed by atoms with Crippen LogP contribution in [0, 0.1) is 0 Å². The van der Waals surface area contributed by atoms with Gasteiger partial charge in [-0.25, -0.2) is 4.79 Å². The lowest BCUT2D eigenvalue weighted by Crippen LogP contribution is -2.44. The fraction of sp³-hybridized carbons (Fsp3) is 0.304. The van der Waals surface area contributed by atoms with Gasteiger partial charge in [-0.2, -0.15) is 0 Å². The van der Waals surface area contributed by atoms with E-state index >= 15 is 0 Å². The largest absolute Gasteiger partial charge is 0.489 e. The number of ketones is 1. The molecule has 1 amide bonds. The summed E-state index contributed by atoms with van der Waals surface area (Å²) in [6, 6.07) is 16.0. The average Bonchev–Trinajstić information content (AvgIpc) is 2.69. The molecule has 0 radical (unpaired) electrons. The topological polar surface area (TPSA) is 64.6 Å². The van der Waals surface area contributed by atoms with Crippen molar-refractivity contribution in [2.24, 2.45) is 0 Å². The van der Waals surface area contributed by atoms with Crippen LogP contribution < -0.4 is 10.1 Å². The van der Waals surface area contributed by atoms with E-state index in [9.17, 15) is 9.59 Å². The Labute approximate surface area is 176 Å². The molecule has 2 aromatic rings. The lowest BCUT2D eigenvalue weighted by molar-refractivity contribution is -0.117. The summed E-state index contributed by atoms with van der Waals surface area (Å²) in [5.41, 5.74) is 1.50. The Kier molecular flexibility index (Phi) is 7.85. The van der Waals surface area contributed by atoms with Crippen molar-refractivity contribution in [3.8, 4) is 5.75 Å². The van der Waals surface area contributed by atoms with Crippen LogP contribution in [-0.4, -0.2) is 29.4 Å². The fourth-order valence-electron chi connectivity index (χ4n) is 2.54. The van der Waals surface area contributed by atoms with E-state index < -0.39 is 17.7 Å². The van der Waals surface area contributed by atoms with Gasteiger partial charge in [0.1, 0.15) is 24.0 Å². The maximum Gasteiger partial charge on any atom is 0.408 e. The summed E-state index contributed by atoms with van der Waals surface area (Å²) in [7, 11) is 0. The van der Waals surface area contributed by atoms with Crippen LogP contribution in [0.5, 0.6) is 5.75 Å². The van der Waals surface area contributed by atoms with Crippen molar-refractivity contribution in [3.05, 3.63) is 72.3 Å². The van der Waals surface area contributed by atoms with Crippen LogP contribution in [0.25, 0.3) is 5.57 Å². The Morgan fingerprint density at radius 2 is 1.69 bits per heavy atom. The zero-order chi connectivity index (χ0) is 21.4. The number of alkyl halides is 1. The van der Waals surface area contributed by atoms with Crippen LogP contribution in [0.15, 0.2) is 61.2 Å². The number of Topliss-reactive ketones (excluding diaryl/α,β-unsaturated/α-hetero) is 1. The third-order valence-electron chi connectivity index (χ3n) is 3.94. The van der Waals surface area contributed by atoms with E-state index in [1.54, 1.807) is 45.0 Å². The smallest absolute Gasteiger partial charge is 0.408 e. The number of rotatable bonds is 8. The molecule has 0 fully saturated rings. The van der Waals surface area contributed by atoms with Crippen molar-refractivity contribution in [1.29, 1.82) is 0 Å². The predicted molar refractivity (Wildman–Crippen MR) is 115 cm³/mol. The van der Waals surface area contributed by atoms with Crippen molar-refractivity contribution in [2.75, 3.05) is 5.88 Å². The molecule has 0 spiro atoms. The first-order chi connectivity index (χ1) is 13.7. The van der Waals surface area contributed by atoms with E-state index in [4.69, 9.17) is 21.1 Å². The molecule has 0 aliphatic rings. The van der Waals surface area contributed by atoms with Crippen LogP contribution >= 0.6 is 11.6 Å². The Morgan fingerprint density at radius 3 is 2.24 bits per heavy atom. The minimum absolute atomic E-state index is 0.252. The molecule has 5 nitrogen and oxygen atoms in total. The molecule has 29 heavy (non-hydrogen) atoms. The Morgan fingerprint density at radius 1 is 1.07 bits per heavy atom. The second-order valence-electron chi connectivity index (χ2n) is 7.50. The van der Waals surface area contributed by atoms with E-state index in [1.165, 1.54) is 0 Å². The molecule has 0 unspecified atom stereocenters. The third kappa shape index (κ3) is 7.27. The molecule has 1 N–H and O–H groups in total. The van der Waals surface area contributed by atoms with Gasteiger partial charge in [0.15, 0.2) is 5.78 Å². The summed E-state index contributed by atoms with van der Waals surface area (Å²) in [6.45, 7) is 9.66. The van der Waals surface area contributed by atoms with Gasteiger partial charge in [-0.1, -0.05) is 49.0 Å². The quantitative estimate of drug-likeness (QED) is 0.617. The van der Waals surface area contributed by atoms with Crippen LogP contribution in [0.4, 0.5) is 4.79 Å². The summed E-state index contributed by atoms with van der Waals surface area (Å²) in [5, 5.41) is 2.56. The molecule has 0 saturated heterocycles. The van der Waals surface area contributed by atoms with Gasteiger partial charge >= 0.3 is 6.09 Å². The molecule has 1 atom stereocenters. The number of amides is 1. The predicted octanol–water partition coefficient (Wildman–Crippen LogP) is 4.98. The number of carbonyl (C=O) groups is 2. The second-order valence-corrected chi connectivity index (χ2v) is 7.77. The molecule has 6 heteroatoms. The third-order valence-corrected chi connectivity index (χ3v) is 4.20. The minimum Gasteiger partial charge on any atom is -0.489 e. The summed E-state index contributed by atoms with van der Waals surface area (Å²) in [5.74, 6) is 0.0650. The first-order valence-corrected chi connectivity index (χ1v) is 9.77. The molecule has 154 valence electrons. The number of nitrogens with one attached hydrogen (secondary N) is 1. The Bertz CT molecular complexity index is 841. The molecule has 0 saturated carbocycles. The summed E-state index contributed by atoms with van der Waals surface area (Å²) >= 11 is 5.72. The SMILES string of the molecule is C=C(c1ccc(OCc2ccccc2)cc1)[C@H](NC(=O)OC(C)(C)C)C(=O)CCl. The van der Waals surface area contributed by atoms with Crippen LogP contribution in [0.1, 0.15) is 31.9 Å². The van der Waals surface area contributed by atoms with E-state index in [0.717, 1.165) is 5.56 Å². The van der Waals surface area contributed by atoms with Gasteiger partial charge in [0.05, 0.1) is 5.88 Å². The highest BCUT2D eigenvalue weighted by molar-refractivity contribution is 6.29. The van der Waals surface area contributed by atoms with E-state index in [0.29, 0.717) is 23.5 Å². The second kappa shape index (κ2) is 10.1. The molecule has 2 rings (SSSR count). The average molecular weight is 416 g/mol. The molecule has 0 aromatic heterocycles. The summed E-state index contributed by atoms with van der Waals surface area (Å²) in [4.78, 5) is 24.4. The lowest BCUT2D eigenvalue weighted by Gasteiger charge is -2.24. The highest BCUT2D eigenvalue weighted by atomic mass is 35.5. The number of hydrogen-bond acceptors (Lipinski definition) is 4. The molecular formula is C23H26ClNO4. The van der Waals surface area contributed by atoms with Gasteiger partial charge in [-0.15, -0.1) is 11.6 Å². The van der Waals surface area contributed by atoms with Crippen molar-refractivity contribution < 1.29 is 19.1 Å². The van der Waals surface area contributed by atoms with Crippen molar-refractivity contribution in [3.63, 3.8) is 0 Å². The number of alkyl carbamates (subject to hydrolysis) is 1. The van der Waals surface area contributed by atoms with Gasteiger partial charge in [0, 0.05) is 0 Å². The van der Waals surface area contributed by atoms with E-state index in [1.807, 2.05) is 30.3 Å². The molecule has 0 bridgehead atoms. The zero-order valence-corrected chi connectivity index (χ0v) is 17.7. The highest BCUT2D eigenvalue weighted by Crippen LogP contribution is 2.22. The van der Waals surface area contributed by atoms with Crippen molar-refractivity contribution >= 4 is 29.1 Å². The van der Waals surface area contributed by atoms with E-state index in [2.05, 4.69) is 11.9 Å². The Hall–Kier alpha value is -2.79. The minimum atomic E-state index is -0.974. The summed E-state index contributed by atoms with van der Waals surface area (Å²) < 4.78 is 11.0. The molecule has 0 aliphatic carbocycles. The maximum atomic E-state index is 12.3. The molecule has 0 aliphatic heterocycles. The van der Waals surface area contributed by atoms with Crippen molar-refractivity contribution in [2.45, 2.75) is 39.0 Å². The lowest BCUT2D eigenvalue weighted by atomic mass is 9.97. The monoisotopic (exact) mass is 415 g/mol. The number of carbonyl (C=O) groups excluding carboxylic acids is 2. The van der Waals surface area contributed by atoms with Gasteiger partial charge in [0.25, 0.3) is 0 Å². The highest BCUT2D eigenvalue weighted by Gasteiger charge is 2.26. The van der Waals surface area contributed by atoms with Gasteiger partial charge in [-0.3, -0.25) is 4.79 Å². The molecular weight excluding hydrogens is 390 g/mol.